The quantitative estimate of drug-likeness (QED) is 0.738. The Bertz CT molecular complexity index is 432. The molecule has 0 bridgehead atoms. The van der Waals surface area contributed by atoms with Crippen molar-refractivity contribution in [3.8, 4) is 0 Å². The van der Waals surface area contributed by atoms with Gasteiger partial charge in [0.15, 0.2) is 0 Å². The van der Waals surface area contributed by atoms with E-state index in [4.69, 9.17) is 4.55 Å². The van der Waals surface area contributed by atoms with Gasteiger partial charge >= 0.3 is 0 Å². The van der Waals surface area contributed by atoms with Gasteiger partial charge in [0.1, 0.15) is 0 Å². The van der Waals surface area contributed by atoms with E-state index < -0.39 is 10.1 Å². The molecule has 0 radical (unpaired) electrons. The highest BCUT2D eigenvalue weighted by Crippen LogP contribution is 2.15. The fourth-order valence-electron chi connectivity index (χ4n) is 0.999. The molecule has 4 heteroatoms. The molecule has 0 fully saturated rings. The SMILES string of the molecule is C=Cc1cc(S(=O)(=O)O)ccc1C. The zero-order chi connectivity index (χ0) is 10.1. The van der Waals surface area contributed by atoms with Gasteiger partial charge in [-0.3, -0.25) is 4.55 Å². The molecular formula is C9H10O3S. The van der Waals surface area contributed by atoms with E-state index in [9.17, 15) is 8.42 Å². The van der Waals surface area contributed by atoms with Crippen LogP contribution in [0.2, 0.25) is 0 Å². The lowest BCUT2D eigenvalue weighted by Gasteiger charge is -2.02. The molecular weight excluding hydrogens is 188 g/mol. The van der Waals surface area contributed by atoms with Gasteiger partial charge in [-0.2, -0.15) is 8.42 Å². The molecule has 1 rings (SSSR count). The Kier molecular flexibility index (Phi) is 2.54. The van der Waals surface area contributed by atoms with Crippen molar-refractivity contribution < 1.29 is 13.0 Å². The minimum Gasteiger partial charge on any atom is -0.282 e. The molecule has 0 atom stereocenters. The van der Waals surface area contributed by atoms with E-state index in [1.54, 1.807) is 12.1 Å². The summed E-state index contributed by atoms with van der Waals surface area (Å²) in [4.78, 5) is -0.104. The fourth-order valence-corrected chi connectivity index (χ4v) is 1.51. The van der Waals surface area contributed by atoms with E-state index in [0.29, 0.717) is 5.56 Å². The Hall–Kier alpha value is -1.13. The van der Waals surface area contributed by atoms with Crippen molar-refractivity contribution in [2.24, 2.45) is 0 Å². The van der Waals surface area contributed by atoms with E-state index in [-0.39, 0.29) is 4.90 Å². The smallest absolute Gasteiger partial charge is 0.282 e. The molecule has 0 saturated carbocycles. The summed E-state index contributed by atoms with van der Waals surface area (Å²) in [6.45, 7) is 5.38. The van der Waals surface area contributed by atoms with Gasteiger partial charge < -0.3 is 0 Å². The first kappa shape index (κ1) is 9.95. The second-order valence-electron chi connectivity index (χ2n) is 2.70. The maximum absolute atomic E-state index is 10.7. The molecule has 0 aromatic heterocycles. The molecule has 13 heavy (non-hydrogen) atoms. The summed E-state index contributed by atoms with van der Waals surface area (Å²) in [6.07, 6.45) is 1.55. The summed E-state index contributed by atoms with van der Waals surface area (Å²) in [7, 11) is -4.10. The van der Waals surface area contributed by atoms with Crippen molar-refractivity contribution in [2.75, 3.05) is 0 Å². The number of hydrogen-bond acceptors (Lipinski definition) is 2. The van der Waals surface area contributed by atoms with Crippen molar-refractivity contribution in [3.05, 3.63) is 35.9 Å². The number of hydrogen-bond donors (Lipinski definition) is 1. The second kappa shape index (κ2) is 3.32. The van der Waals surface area contributed by atoms with Gasteiger partial charge in [-0.25, -0.2) is 0 Å². The third kappa shape index (κ3) is 2.17. The maximum Gasteiger partial charge on any atom is 0.294 e. The van der Waals surface area contributed by atoms with Crippen LogP contribution >= 0.6 is 0 Å². The first-order chi connectivity index (χ1) is 5.95. The minimum atomic E-state index is -4.10. The molecule has 3 nitrogen and oxygen atoms in total. The molecule has 0 unspecified atom stereocenters. The molecule has 0 heterocycles. The molecule has 0 saturated heterocycles. The monoisotopic (exact) mass is 198 g/mol. The number of benzene rings is 1. The van der Waals surface area contributed by atoms with Gasteiger partial charge in [-0.15, -0.1) is 0 Å². The third-order valence-electron chi connectivity index (χ3n) is 1.77. The fraction of sp³-hybridized carbons (Fsp3) is 0.111. The summed E-state index contributed by atoms with van der Waals surface area (Å²) in [6, 6.07) is 4.37. The van der Waals surface area contributed by atoms with Crippen LogP contribution < -0.4 is 0 Å². The highest BCUT2D eigenvalue weighted by atomic mass is 32.2. The summed E-state index contributed by atoms with van der Waals surface area (Å²) in [5.41, 5.74) is 1.62. The standard InChI is InChI=1S/C9H10O3S/c1-3-8-6-9(13(10,11)12)5-4-7(8)2/h3-6H,1H2,2H3,(H,10,11,12). The summed E-state index contributed by atoms with van der Waals surface area (Å²) in [5, 5.41) is 0. The second-order valence-corrected chi connectivity index (χ2v) is 4.12. The normalized spacial score (nSPS) is 11.2. The molecule has 1 aromatic carbocycles. The molecule has 0 aliphatic rings. The van der Waals surface area contributed by atoms with E-state index in [1.807, 2.05) is 6.92 Å². The van der Waals surface area contributed by atoms with Crippen molar-refractivity contribution in [2.45, 2.75) is 11.8 Å². The van der Waals surface area contributed by atoms with Crippen LogP contribution in [0, 0.1) is 6.92 Å². The van der Waals surface area contributed by atoms with Crippen molar-refractivity contribution in [3.63, 3.8) is 0 Å². The lowest BCUT2D eigenvalue weighted by molar-refractivity contribution is 0.483. The van der Waals surface area contributed by atoms with Crippen molar-refractivity contribution >= 4 is 16.2 Å². The summed E-state index contributed by atoms with van der Waals surface area (Å²) < 4.78 is 30.2. The molecule has 0 spiro atoms. The van der Waals surface area contributed by atoms with Gasteiger partial charge in [-0.05, 0) is 30.2 Å². The first-order valence-corrected chi connectivity index (χ1v) is 5.10. The molecule has 0 aliphatic carbocycles. The summed E-state index contributed by atoms with van der Waals surface area (Å²) >= 11 is 0. The average Bonchev–Trinajstić information content (AvgIpc) is 2.03. The average molecular weight is 198 g/mol. The van der Waals surface area contributed by atoms with Crippen LogP contribution in [0.4, 0.5) is 0 Å². The molecule has 0 aliphatic heterocycles. The van der Waals surface area contributed by atoms with Crippen LogP contribution in [0.3, 0.4) is 0 Å². The zero-order valence-corrected chi connectivity index (χ0v) is 8.00. The number of rotatable bonds is 2. The van der Waals surface area contributed by atoms with E-state index in [0.717, 1.165) is 5.56 Å². The molecule has 70 valence electrons. The first-order valence-electron chi connectivity index (χ1n) is 3.65. The topological polar surface area (TPSA) is 54.4 Å². The van der Waals surface area contributed by atoms with Crippen LogP contribution in [0.15, 0.2) is 29.7 Å². The molecule has 1 aromatic rings. The van der Waals surface area contributed by atoms with E-state index in [2.05, 4.69) is 6.58 Å². The van der Waals surface area contributed by atoms with Crippen LogP contribution in [0.1, 0.15) is 11.1 Å². The van der Waals surface area contributed by atoms with Crippen LogP contribution in [0.5, 0.6) is 0 Å². The van der Waals surface area contributed by atoms with E-state index >= 15 is 0 Å². The van der Waals surface area contributed by atoms with Gasteiger partial charge in [-0.1, -0.05) is 18.7 Å². The van der Waals surface area contributed by atoms with Crippen LogP contribution in [0.25, 0.3) is 6.08 Å². The van der Waals surface area contributed by atoms with Crippen molar-refractivity contribution in [1.29, 1.82) is 0 Å². The Morgan fingerprint density at radius 2 is 2.08 bits per heavy atom. The van der Waals surface area contributed by atoms with Crippen molar-refractivity contribution in [1.82, 2.24) is 0 Å². The van der Waals surface area contributed by atoms with Gasteiger partial charge in [0.05, 0.1) is 4.90 Å². The Balaban J connectivity index is 3.38. The lowest BCUT2D eigenvalue weighted by atomic mass is 10.1. The number of aryl methyl sites for hydroxylation is 1. The maximum atomic E-state index is 10.7. The minimum absolute atomic E-state index is 0.104. The molecule has 0 amide bonds. The highest BCUT2D eigenvalue weighted by molar-refractivity contribution is 7.85. The molecule has 1 N–H and O–H groups in total. The predicted octanol–water partition coefficient (Wildman–Crippen LogP) is 1.88. The zero-order valence-electron chi connectivity index (χ0n) is 7.19. The Morgan fingerprint density at radius 1 is 1.46 bits per heavy atom. The lowest BCUT2D eigenvalue weighted by Crippen LogP contribution is -1.98. The predicted molar refractivity (Wildman–Crippen MR) is 51.1 cm³/mol. The highest BCUT2D eigenvalue weighted by Gasteiger charge is 2.09. The largest absolute Gasteiger partial charge is 0.294 e. The third-order valence-corrected chi connectivity index (χ3v) is 2.62. The Morgan fingerprint density at radius 3 is 2.54 bits per heavy atom. The Labute approximate surface area is 77.5 Å². The van der Waals surface area contributed by atoms with Gasteiger partial charge in [0.2, 0.25) is 0 Å². The van der Waals surface area contributed by atoms with E-state index in [1.165, 1.54) is 12.1 Å². The summed E-state index contributed by atoms with van der Waals surface area (Å²) in [5.74, 6) is 0. The van der Waals surface area contributed by atoms with Gasteiger partial charge in [0.25, 0.3) is 10.1 Å². The van der Waals surface area contributed by atoms with Gasteiger partial charge in [0, 0.05) is 0 Å². The van der Waals surface area contributed by atoms with Crippen LogP contribution in [-0.4, -0.2) is 13.0 Å². The van der Waals surface area contributed by atoms with Crippen LogP contribution in [-0.2, 0) is 10.1 Å².